The number of hydrogen-bond acceptors (Lipinski definition) is 5. The number of fused-ring (bicyclic) bond motifs is 1. The van der Waals surface area contributed by atoms with Crippen molar-refractivity contribution in [3.63, 3.8) is 0 Å². The van der Waals surface area contributed by atoms with Crippen molar-refractivity contribution in [3.8, 4) is 5.75 Å². The van der Waals surface area contributed by atoms with Crippen molar-refractivity contribution in [2.24, 2.45) is 11.8 Å². The van der Waals surface area contributed by atoms with E-state index in [2.05, 4.69) is 4.90 Å². The van der Waals surface area contributed by atoms with E-state index >= 15 is 0 Å². The van der Waals surface area contributed by atoms with E-state index in [0.29, 0.717) is 23.1 Å². The molecule has 31 heavy (non-hydrogen) atoms. The lowest BCUT2D eigenvalue weighted by Crippen LogP contribution is -2.42. The van der Waals surface area contributed by atoms with Crippen LogP contribution in [-0.2, 0) is 6.54 Å². The van der Waals surface area contributed by atoms with E-state index in [-0.39, 0.29) is 12.0 Å². The Morgan fingerprint density at radius 3 is 2.61 bits per heavy atom. The first kappa shape index (κ1) is 20.6. The van der Waals surface area contributed by atoms with Gasteiger partial charge in [-0.3, -0.25) is 9.69 Å². The highest BCUT2D eigenvalue weighted by Crippen LogP contribution is 2.39. The number of carbonyl (C=O) groups is 1. The van der Waals surface area contributed by atoms with Crippen LogP contribution in [0.2, 0.25) is 0 Å². The van der Waals surface area contributed by atoms with Crippen LogP contribution in [0.1, 0.15) is 48.0 Å². The monoisotopic (exact) mass is 424 g/mol. The van der Waals surface area contributed by atoms with Crippen LogP contribution in [-0.4, -0.2) is 59.2 Å². The van der Waals surface area contributed by atoms with Gasteiger partial charge in [0.15, 0.2) is 0 Å². The van der Waals surface area contributed by atoms with Gasteiger partial charge in [-0.1, -0.05) is 12.1 Å². The zero-order valence-electron chi connectivity index (χ0n) is 18.0. The molecule has 3 fully saturated rings. The van der Waals surface area contributed by atoms with Crippen molar-refractivity contribution in [1.82, 2.24) is 9.80 Å². The Bertz CT molecular complexity index is 877. The SMILES string of the molecule is O=C(c1ccccc1O[C@@H]1C[C@@H]2CN(Cc3ccoc3)C[C@@H]2C[C@H]1O)N1CCCCC1. The molecule has 166 valence electrons. The highest BCUT2D eigenvalue weighted by molar-refractivity contribution is 5.97. The molecule has 5 rings (SSSR count). The first-order valence-corrected chi connectivity index (χ1v) is 11.6. The minimum atomic E-state index is -0.506. The molecule has 2 aromatic rings. The van der Waals surface area contributed by atoms with Crippen molar-refractivity contribution in [2.75, 3.05) is 26.2 Å². The number of benzene rings is 1. The van der Waals surface area contributed by atoms with E-state index in [1.54, 1.807) is 12.5 Å². The molecule has 3 heterocycles. The van der Waals surface area contributed by atoms with E-state index < -0.39 is 6.10 Å². The fourth-order valence-electron chi connectivity index (χ4n) is 5.56. The molecule has 6 heteroatoms. The Balaban J connectivity index is 1.25. The first-order chi connectivity index (χ1) is 15.2. The molecule has 0 spiro atoms. The van der Waals surface area contributed by atoms with Crippen LogP contribution in [0.25, 0.3) is 0 Å². The predicted octanol–water partition coefficient (Wildman–Crippen LogP) is 3.56. The van der Waals surface area contributed by atoms with Crippen LogP contribution in [0.15, 0.2) is 47.3 Å². The number of para-hydroxylation sites is 1. The van der Waals surface area contributed by atoms with Gasteiger partial charge in [0.1, 0.15) is 11.9 Å². The predicted molar refractivity (Wildman–Crippen MR) is 117 cm³/mol. The summed E-state index contributed by atoms with van der Waals surface area (Å²) in [4.78, 5) is 17.5. The van der Waals surface area contributed by atoms with Gasteiger partial charge >= 0.3 is 0 Å². The lowest BCUT2D eigenvalue weighted by atomic mass is 9.78. The summed E-state index contributed by atoms with van der Waals surface area (Å²) in [5.74, 6) is 1.65. The molecule has 1 aliphatic carbocycles. The summed E-state index contributed by atoms with van der Waals surface area (Å²) in [6, 6.07) is 9.53. The lowest BCUT2D eigenvalue weighted by Gasteiger charge is -2.36. The quantitative estimate of drug-likeness (QED) is 0.795. The molecule has 0 radical (unpaired) electrons. The number of hydrogen-bond donors (Lipinski definition) is 1. The van der Waals surface area contributed by atoms with E-state index in [9.17, 15) is 9.90 Å². The van der Waals surface area contributed by atoms with Crippen molar-refractivity contribution in [1.29, 1.82) is 0 Å². The van der Waals surface area contributed by atoms with E-state index in [4.69, 9.17) is 9.15 Å². The third-order valence-electron chi connectivity index (χ3n) is 7.19. The van der Waals surface area contributed by atoms with Gasteiger partial charge < -0.3 is 19.2 Å². The molecule has 1 aromatic heterocycles. The van der Waals surface area contributed by atoms with Crippen molar-refractivity contribution in [3.05, 3.63) is 54.0 Å². The maximum absolute atomic E-state index is 13.1. The van der Waals surface area contributed by atoms with Crippen molar-refractivity contribution >= 4 is 5.91 Å². The Kier molecular flexibility index (Phi) is 6.01. The molecule has 4 atom stereocenters. The van der Waals surface area contributed by atoms with Gasteiger partial charge in [-0.2, -0.15) is 0 Å². The molecule has 6 nitrogen and oxygen atoms in total. The number of carbonyl (C=O) groups excluding carboxylic acids is 1. The van der Waals surface area contributed by atoms with Crippen molar-refractivity contribution in [2.45, 2.75) is 50.9 Å². The molecule has 0 bridgehead atoms. The zero-order chi connectivity index (χ0) is 21.2. The highest BCUT2D eigenvalue weighted by Gasteiger charge is 2.43. The average Bonchev–Trinajstić information content (AvgIpc) is 3.44. The van der Waals surface area contributed by atoms with Gasteiger partial charge in [0, 0.05) is 38.3 Å². The second-order valence-electron chi connectivity index (χ2n) is 9.39. The van der Waals surface area contributed by atoms with E-state index in [1.807, 2.05) is 35.2 Å². The number of aliphatic hydroxyl groups is 1. The molecule has 2 saturated heterocycles. The summed E-state index contributed by atoms with van der Waals surface area (Å²) in [7, 11) is 0. The Labute approximate surface area is 183 Å². The summed E-state index contributed by atoms with van der Waals surface area (Å²) >= 11 is 0. The van der Waals surface area contributed by atoms with Gasteiger partial charge in [-0.05, 0) is 62.1 Å². The standard InChI is InChI=1S/C25H32N2O4/c28-22-12-19-15-26(14-18-8-11-30-17-18)16-20(19)13-24(22)31-23-7-3-2-6-21(23)25(29)27-9-4-1-5-10-27/h2-3,6-8,11,17,19-20,22,24,28H,1,4-5,9-10,12-16H2/t19-,20+,22+,24+/m0/s1. The largest absolute Gasteiger partial charge is 0.487 e. The van der Waals surface area contributed by atoms with Gasteiger partial charge in [-0.15, -0.1) is 0 Å². The topological polar surface area (TPSA) is 66.1 Å². The second-order valence-corrected chi connectivity index (χ2v) is 9.39. The molecular formula is C25H32N2O4. The highest BCUT2D eigenvalue weighted by atomic mass is 16.5. The number of nitrogens with zero attached hydrogens (tertiary/aromatic N) is 2. The maximum atomic E-state index is 13.1. The minimum absolute atomic E-state index is 0.0469. The fraction of sp³-hybridized carbons (Fsp3) is 0.560. The molecule has 1 aromatic carbocycles. The Hall–Kier alpha value is -2.31. The third-order valence-corrected chi connectivity index (χ3v) is 7.19. The fourth-order valence-corrected chi connectivity index (χ4v) is 5.56. The van der Waals surface area contributed by atoms with Crippen LogP contribution >= 0.6 is 0 Å². The number of likely N-dealkylation sites (tertiary alicyclic amines) is 2. The minimum Gasteiger partial charge on any atom is -0.487 e. The number of piperidine rings is 1. The number of furan rings is 1. The Morgan fingerprint density at radius 1 is 1.06 bits per heavy atom. The molecule has 3 aliphatic rings. The zero-order valence-corrected chi connectivity index (χ0v) is 18.0. The van der Waals surface area contributed by atoms with Gasteiger partial charge in [0.05, 0.1) is 24.2 Å². The number of aliphatic hydroxyl groups excluding tert-OH is 1. The average molecular weight is 425 g/mol. The molecular weight excluding hydrogens is 392 g/mol. The third kappa shape index (κ3) is 4.51. The van der Waals surface area contributed by atoms with Gasteiger partial charge in [-0.25, -0.2) is 0 Å². The van der Waals surface area contributed by atoms with Crippen LogP contribution in [0.5, 0.6) is 5.75 Å². The Morgan fingerprint density at radius 2 is 1.84 bits per heavy atom. The van der Waals surface area contributed by atoms with E-state index in [1.165, 1.54) is 12.0 Å². The van der Waals surface area contributed by atoms with E-state index in [0.717, 1.165) is 58.4 Å². The second kappa shape index (κ2) is 9.05. The van der Waals surface area contributed by atoms with Crippen LogP contribution in [0.4, 0.5) is 0 Å². The van der Waals surface area contributed by atoms with Crippen LogP contribution in [0, 0.1) is 11.8 Å². The van der Waals surface area contributed by atoms with Gasteiger partial charge in [0.2, 0.25) is 0 Å². The smallest absolute Gasteiger partial charge is 0.257 e. The molecule has 1 amide bonds. The van der Waals surface area contributed by atoms with Gasteiger partial charge in [0.25, 0.3) is 5.91 Å². The van der Waals surface area contributed by atoms with Crippen LogP contribution in [0.3, 0.4) is 0 Å². The first-order valence-electron chi connectivity index (χ1n) is 11.6. The molecule has 1 saturated carbocycles. The lowest BCUT2D eigenvalue weighted by molar-refractivity contribution is -0.0235. The number of rotatable bonds is 5. The summed E-state index contributed by atoms with van der Waals surface area (Å²) in [6.07, 6.45) is 7.63. The normalized spacial score (nSPS) is 29.0. The molecule has 2 aliphatic heterocycles. The summed E-state index contributed by atoms with van der Waals surface area (Å²) in [6.45, 7) is 4.53. The number of amides is 1. The van der Waals surface area contributed by atoms with Crippen LogP contribution < -0.4 is 4.74 Å². The summed E-state index contributed by atoms with van der Waals surface area (Å²) < 4.78 is 11.5. The summed E-state index contributed by atoms with van der Waals surface area (Å²) in [5, 5.41) is 10.8. The summed E-state index contributed by atoms with van der Waals surface area (Å²) in [5.41, 5.74) is 1.81. The number of ether oxygens (including phenoxy) is 1. The maximum Gasteiger partial charge on any atom is 0.257 e. The van der Waals surface area contributed by atoms with Crippen molar-refractivity contribution < 1.29 is 19.1 Å². The molecule has 0 unspecified atom stereocenters. The molecule has 1 N–H and O–H groups in total.